The van der Waals surface area contributed by atoms with Crippen LogP contribution in [0.4, 0.5) is 0 Å². The van der Waals surface area contributed by atoms with Crippen molar-refractivity contribution in [3.8, 4) is 0 Å². The van der Waals surface area contributed by atoms with Crippen LogP contribution in [0, 0.1) is 0 Å². The van der Waals surface area contributed by atoms with Gasteiger partial charge in [0.1, 0.15) is 0 Å². The number of carbonyl (C=O) groups is 1. The lowest BCUT2D eigenvalue weighted by Crippen LogP contribution is -2.15. The van der Waals surface area contributed by atoms with Crippen molar-refractivity contribution in [3.05, 3.63) is 11.1 Å². The number of hydrogen-bond donors (Lipinski definition) is 1. The predicted octanol–water partition coefficient (Wildman–Crippen LogP) is -0.773. The number of nitrogens with zero attached hydrogens (tertiary/aromatic N) is 2. The molecule has 0 spiro atoms. The van der Waals surface area contributed by atoms with Crippen LogP contribution in [-0.2, 0) is 14.6 Å². The first-order valence-corrected chi connectivity index (χ1v) is 4.72. The monoisotopic (exact) mass is 190 g/mol. The van der Waals surface area contributed by atoms with Crippen molar-refractivity contribution in [1.82, 2.24) is 0 Å². The molecule has 66 valence electrons. The van der Waals surface area contributed by atoms with Gasteiger partial charge in [-0.1, -0.05) is 0 Å². The number of azo groups is 1. The molecule has 12 heavy (non-hydrogen) atoms. The molecule has 1 rings (SSSR count). The molecule has 1 amide bonds. The van der Waals surface area contributed by atoms with Crippen molar-refractivity contribution in [2.75, 3.05) is 12.4 Å². The van der Waals surface area contributed by atoms with Crippen molar-refractivity contribution in [1.29, 1.82) is 0 Å². The Labute approximate surface area is 68.5 Å². The minimum atomic E-state index is -3.69. The third-order valence-electron chi connectivity index (χ3n) is 1.23. The van der Waals surface area contributed by atoms with E-state index in [4.69, 9.17) is 5.11 Å². The van der Waals surface area contributed by atoms with Crippen LogP contribution in [0.1, 0.15) is 0 Å². The molecule has 0 saturated heterocycles. The molecule has 1 N–H and O–H groups in total. The van der Waals surface area contributed by atoms with E-state index in [9.17, 15) is 13.2 Å². The Hall–Kier alpha value is -1.08. The molecule has 0 unspecified atom stereocenters. The van der Waals surface area contributed by atoms with Gasteiger partial charge in [-0.25, -0.2) is 8.42 Å². The number of hydrogen-bond acceptors (Lipinski definition) is 5. The van der Waals surface area contributed by atoms with Gasteiger partial charge in [0.05, 0.1) is 18.6 Å². The normalized spacial score (nSPS) is 16.8. The Bertz CT molecular complexity index is 354. The summed E-state index contributed by atoms with van der Waals surface area (Å²) in [5.74, 6) is -1.35. The summed E-state index contributed by atoms with van der Waals surface area (Å²) in [6, 6.07) is 0. The van der Waals surface area contributed by atoms with Crippen LogP contribution in [0.5, 0.6) is 0 Å². The van der Waals surface area contributed by atoms with Crippen LogP contribution in [0.3, 0.4) is 0 Å². The van der Waals surface area contributed by atoms with Gasteiger partial charge in [0.15, 0.2) is 14.7 Å². The van der Waals surface area contributed by atoms with Gasteiger partial charge in [-0.15, -0.1) is 5.11 Å². The quantitative estimate of drug-likeness (QED) is 0.631. The summed E-state index contributed by atoms with van der Waals surface area (Å²) < 4.78 is 22.1. The van der Waals surface area contributed by atoms with E-state index in [-0.39, 0.29) is 0 Å². The van der Waals surface area contributed by atoms with Crippen LogP contribution in [-0.4, -0.2) is 31.8 Å². The van der Waals surface area contributed by atoms with Crippen molar-refractivity contribution in [2.24, 2.45) is 10.2 Å². The minimum Gasteiger partial charge on any atom is -0.395 e. The number of aliphatic hydroxyl groups excluding tert-OH is 1. The molecule has 1 heterocycles. The van der Waals surface area contributed by atoms with Gasteiger partial charge in [-0.2, -0.15) is 5.11 Å². The molecule has 0 bridgehead atoms. The molecule has 0 saturated carbocycles. The molecule has 1 aliphatic rings. The molecule has 0 aromatic heterocycles. The summed E-state index contributed by atoms with van der Waals surface area (Å²) >= 11 is 0. The largest absolute Gasteiger partial charge is 0.395 e. The van der Waals surface area contributed by atoms with E-state index < -0.39 is 33.0 Å². The second-order valence-corrected chi connectivity index (χ2v) is 4.13. The maximum Gasteiger partial charge on any atom is 0.308 e. The zero-order chi connectivity index (χ0) is 9.19. The number of carbonyl (C=O) groups excluding carboxylic acids is 1. The highest BCUT2D eigenvalue weighted by Gasteiger charge is 2.27. The van der Waals surface area contributed by atoms with Crippen LogP contribution >= 0.6 is 0 Å². The van der Waals surface area contributed by atoms with E-state index in [2.05, 4.69) is 10.2 Å². The van der Waals surface area contributed by atoms with Gasteiger partial charge >= 0.3 is 5.91 Å². The summed E-state index contributed by atoms with van der Waals surface area (Å²) in [6.45, 7) is -0.521. The van der Waals surface area contributed by atoms with E-state index in [0.717, 1.165) is 6.20 Å². The van der Waals surface area contributed by atoms with Gasteiger partial charge in [-0.05, 0) is 0 Å². The highest BCUT2D eigenvalue weighted by atomic mass is 32.2. The van der Waals surface area contributed by atoms with Crippen LogP contribution in [0.25, 0.3) is 0 Å². The molecule has 0 radical (unpaired) electrons. The van der Waals surface area contributed by atoms with Crippen LogP contribution in [0.15, 0.2) is 21.3 Å². The molecule has 1 aliphatic heterocycles. The molecule has 6 nitrogen and oxygen atoms in total. The Morgan fingerprint density at radius 3 is 2.58 bits per heavy atom. The van der Waals surface area contributed by atoms with Crippen LogP contribution < -0.4 is 0 Å². The van der Waals surface area contributed by atoms with Crippen molar-refractivity contribution in [3.63, 3.8) is 0 Å². The summed E-state index contributed by atoms with van der Waals surface area (Å²) in [4.78, 5) is 10.3. The highest BCUT2D eigenvalue weighted by Crippen LogP contribution is 2.14. The maximum absolute atomic E-state index is 11.1. The van der Waals surface area contributed by atoms with Crippen molar-refractivity contribution in [2.45, 2.75) is 0 Å². The second kappa shape index (κ2) is 3.11. The molecule has 0 fully saturated rings. The van der Waals surface area contributed by atoms with E-state index in [1.54, 1.807) is 0 Å². The Morgan fingerprint density at radius 2 is 2.17 bits per heavy atom. The lowest BCUT2D eigenvalue weighted by molar-refractivity contribution is -0.113. The summed E-state index contributed by atoms with van der Waals surface area (Å²) in [6.07, 6.45) is 0.882. The van der Waals surface area contributed by atoms with E-state index in [1.807, 2.05) is 0 Å². The van der Waals surface area contributed by atoms with Gasteiger partial charge in [-0.3, -0.25) is 4.79 Å². The third-order valence-corrected chi connectivity index (χ3v) is 2.90. The molecule has 0 aromatic rings. The average Bonchev–Trinajstić information content (AvgIpc) is 2.35. The maximum atomic E-state index is 11.1. The molecule has 7 heteroatoms. The zero-order valence-corrected chi connectivity index (χ0v) is 6.78. The van der Waals surface area contributed by atoms with Crippen molar-refractivity contribution < 1.29 is 18.3 Å². The van der Waals surface area contributed by atoms with Gasteiger partial charge in [0.25, 0.3) is 0 Å². The predicted molar refractivity (Wildman–Crippen MR) is 38.8 cm³/mol. The number of aliphatic hydroxyl groups is 1. The van der Waals surface area contributed by atoms with E-state index >= 15 is 0 Å². The van der Waals surface area contributed by atoms with Gasteiger partial charge in [0, 0.05) is 0 Å². The molecule has 0 aliphatic carbocycles. The van der Waals surface area contributed by atoms with Crippen LogP contribution in [0.2, 0.25) is 0 Å². The standard InChI is InChI=1S/C5H6N2O4S/c8-1-2-12(10,11)4-3-6-7-5(4)9/h3,8H,1-2H2. The number of rotatable bonds is 3. The topological polar surface area (TPSA) is 96.2 Å². The average molecular weight is 190 g/mol. The lowest BCUT2D eigenvalue weighted by atomic mass is 10.6. The van der Waals surface area contributed by atoms with E-state index in [1.165, 1.54) is 0 Å². The Kier molecular flexibility index (Phi) is 2.34. The third kappa shape index (κ3) is 1.56. The SMILES string of the molecule is O=C1N=NC=C1S(=O)(=O)CCO. The second-order valence-electron chi connectivity index (χ2n) is 2.06. The Balaban J connectivity index is 2.93. The molecular formula is C5H6N2O4S. The molecular weight excluding hydrogens is 184 g/mol. The van der Waals surface area contributed by atoms with E-state index in [0.29, 0.717) is 0 Å². The number of sulfone groups is 1. The fourth-order valence-corrected chi connectivity index (χ4v) is 1.66. The summed E-state index contributed by atoms with van der Waals surface area (Å²) in [5.41, 5.74) is 0. The fourth-order valence-electron chi connectivity index (χ4n) is 0.682. The first-order valence-electron chi connectivity index (χ1n) is 3.07. The van der Waals surface area contributed by atoms with Gasteiger partial charge < -0.3 is 5.11 Å². The molecule has 0 atom stereocenters. The Morgan fingerprint density at radius 1 is 1.50 bits per heavy atom. The summed E-state index contributed by atoms with van der Waals surface area (Å²) in [7, 11) is -3.69. The van der Waals surface area contributed by atoms with Crippen molar-refractivity contribution >= 4 is 15.7 Å². The number of amides is 1. The lowest BCUT2D eigenvalue weighted by Gasteiger charge is -1.97. The first kappa shape index (κ1) is 9.01. The summed E-state index contributed by atoms with van der Waals surface area (Å²) in [5, 5.41) is 14.5. The first-order chi connectivity index (χ1) is 5.58. The minimum absolute atomic E-state index is 0.448. The fraction of sp³-hybridized carbons (Fsp3) is 0.400. The smallest absolute Gasteiger partial charge is 0.308 e. The molecule has 0 aromatic carbocycles. The zero-order valence-electron chi connectivity index (χ0n) is 5.97. The highest BCUT2D eigenvalue weighted by molar-refractivity contribution is 7.96. The van der Waals surface area contributed by atoms with Gasteiger partial charge in [0.2, 0.25) is 0 Å².